The SMILES string of the molecule is CCCCc1ccc(COc2ccc(-c3ccc(CCCO)cc3CC)c(CC)c2)cc1. The Morgan fingerprint density at radius 2 is 1.25 bits per heavy atom. The Bertz CT molecular complexity index is 973. The van der Waals surface area contributed by atoms with Gasteiger partial charge < -0.3 is 9.84 Å². The molecule has 0 radical (unpaired) electrons. The fourth-order valence-electron chi connectivity index (χ4n) is 4.21. The third-order valence-electron chi connectivity index (χ3n) is 6.17. The molecule has 0 saturated carbocycles. The smallest absolute Gasteiger partial charge is 0.120 e. The molecule has 0 unspecified atom stereocenters. The number of aliphatic hydroxyl groups excluding tert-OH is 1. The van der Waals surface area contributed by atoms with Gasteiger partial charge in [0.15, 0.2) is 0 Å². The largest absolute Gasteiger partial charge is 0.489 e. The van der Waals surface area contributed by atoms with Crippen molar-refractivity contribution in [2.45, 2.75) is 72.3 Å². The van der Waals surface area contributed by atoms with E-state index >= 15 is 0 Å². The lowest BCUT2D eigenvalue weighted by Crippen LogP contribution is -1.99. The van der Waals surface area contributed by atoms with Gasteiger partial charge in [-0.3, -0.25) is 0 Å². The van der Waals surface area contributed by atoms with Crippen molar-refractivity contribution in [2.75, 3.05) is 6.61 Å². The summed E-state index contributed by atoms with van der Waals surface area (Å²) in [6.45, 7) is 7.49. The highest BCUT2D eigenvalue weighted by Crippen LogP contribution is 2.32. The molecule has 0 aliphatic rings. The van der Waals surface area contributed by atoms with E-state index in [0.29, 0.717) is 6.61 Å². The standard InChI is InChI=1S/C30H38O2/c1-4-7-9-23-11-13-25(14-12-23)22-32-28-16-18-30(27(6-3)21-28)29-17-15-24(10-8-19-31)20-26(29)5-2/h11-18,20-21,31H,4-10,19,22H2,1-3H3. The fourth-order valence-corrected chi connectivity index (χ4v) is 4.21. The number of benzene rings is 3. The summed E-state index contributed by atoms with van der Waals surface area (Å²) in [5, 5.41) is 9.13. The van der Waals surface area contributed by atoms with Crippen LogP contribution in [0.1, 0.15) is 67.9 Å². The molecule has 0 heterocycles. The monoisotopic (exact) mass is 430 g/mol. The van der Waals surface area contributed by atoms with E-state index in [1.165, 1.54) is 51.8 Å². The maximum absolute atomic E-state index is 9.13. The molecule has 0 spiro atoms. The molecule has 1 N–H and O–H groups in total. The summed E-state index contributed by atoms with van der Waals surface area (Å²) >= 11 is 0. The Balaban J connectivity index is 1.73. The quantitative estimate of drug-likeness (QED) is 0.326. The molecule has 0 saturated heterocycles. The van der Waals surface area contributed by atoms with Crippen LogP contribution in [0.4, 0.5) is 0 Å². The van der Waals surface area contributed by atoms with Crippen molar-refractivity contribution in [2.24, 2.45) is 0 Å². The lowest BCUT2D eigenvalue weighted by molar-refractivity contribution is 0.288. The van der Waals surface area contributed by atoms with Crippen molar-refractivity contribution in [1.29, 1.82) is 0 Å². The second kappa shape index (κ2) is 12.5. The third kappa shape index (κ3) is 6.46. The van der Waals surface area contributed by atoms with Crippen molar-refractivity contribution in [3.63, 3.8) is 0 Å². The molecular weight excluding hydrogens is 392 g/mol. The van der Waals surface area contributed by atoms with Gasteiger partial charge in [-0.1, -0.05) is 75.7 Å². The second-order valence-corrected chi connectivity index (χ2v) is 8.55. The zero-order chi connectivity index (χ0) is 22.8. The van der Waals surface area contributed by atoms with Gasteiger partial charge in [-0.2, -0.15) is 0 Å². The van der Waals surface area contributed by atoms with E-state index in [1.807, 2.05) is 0 Å². The van der Waals surface area contributed by atoms with E-state index < -0.39 is 0 Å². The summed E-state index contributed by atoms with van der Waals surface area (Å²) in [7, 11) is 0. The van der Waals surface area contributed by atoms with Crippen LogP contribution in [0.25, 0.3) is 11.1 Å². The van der Waals surface area contributed by atoms with Crippen LogP contribution in [0.15, 0.2) is 60.7 Å². The average Bonchev–Trinajstić information content (AvgIpc) is 2.85. The Morgan fingerprint density at radius 3 is 1.91 bits per heavy atom. The van der Waals surface area contributed by atoms with Gasteiger partial charge >= 0.3 is 0 Å². The number of hydrogen-bond donors (Lipinski definition) is 1. The van der Waals surface area contributed by atoms with Crippen molar-refractivity contribution < 1.29 is 9.84 Å². The molecule has 32 heavy (non-hydrogen) atoms. The van der Waals surface area contributed by atoms with Crippen LogP contribution < -0.4 is 4.74 Å². The number of aryl methyl sites for hydroxylation is 4. The molecule has 170 valence electrons. The van der Waals surface area contributed by atoms with E-state index in [2.05, 4.69) is 81.4 Å². The Morgan fingerprint density at radius 1 is 0.656 bits per heavy atom. The third-order valence-corrected chi connectivity index (χ3v) is 6.17. The van der Waals surface area contributed by atoms with Gasteiger partial charge in [0.25, 0.3) is 0 Å². The topological polar surface area (TPSA) is 29.5 Å². The van der Waals surface area contributed by atoms with Crippen LogP contribution in [-0.2, 0) is 32.3 Å². The molecular formula is C30H38O2. The van der Waals surface area contributed by atoms with Crippen LogP contribution in [0, 0.1) is 0 Å². The van der Waals surface area contributed by atoms with Crippen molar-refractivity contribution in [1.82, 2.24) is 0 Å². The van der Waals surface area contributed by atoms with Crippen LogP contribution in [-0.4, -0.2) is 11.7 Å². The molecule has 0 aliphatic heterocycles. The van der Waals surface area contributed by atoms with Crippen LogP contribution >= 0.6 is 0 Å². The molecule has 3 rings (SSSR count). The highest BCUT2D eigenvalue weighted by atomic mass is 16.5. The first-order valence-corrected chi connectivity index (χ1v) is 12.2. The zero-order valence-corrected chi connectivity index (χ0v) is 20.0. The predicted octanol–water partition coefficient (Wildman–Crippen LogP) is 7.32. The van der Waals surface area contributed by atoms with Crippen LogP contribution in [0.2, 0.25) is 0 Å². The zero-order valence-electron chi connectivity index (χ0n) is 20.0. The van der Waals surface area contributed by atoms with E-state index in [-0.39, 0.29) is 6.61 Å². The van der Waals surface area contributed by atoms with Gasteiger partial charge in [0, 0.05) is 6.61 Å². The summed E-state index contributed by atoms with van der Waals surface area (Å²) in [4.78, 5) is 0. The summed E-state index contributed by atoms with van der Waals surface area (Å²) in [5.74, 6) is 0.929. The van der Waals surface area contributed by atoms with E-state index in [4.69, 9.17) is 9.84 Å². The minimum atomic E-state index is 0.244. The molecule has 0 fully saturated rings. The summed E-state index contributed by atoms with van der Waals surface area (Å²) in [6.07, 6.45) is 7.33. The van der Waals surface area contributed by atoms with Crippen molar-refractivity contribution in [3.8, 4) is 16.9 Å². The summed E-state index contributed by atoms with van der Waals surface area (Å²) in [6, 6.07) is 22.1. The number of hydrogen-bond acceptors (Lipinski definition) is 2. The Hall–Kier alpha value is -2.58. The molecule has 0 aliphatic carbocycles. The first-order chi connectivity index (χ1) is 15.7. The summed E-state index contributed by atoms with van der Waals surface area (Å²) in [5.41, 5.74) is 9.21. The predicted molar refractivity (Wildman–Crippen MR) is 135 cm³/mol. The molecule has 2 nitrogen and oxygen atoms in total. The van der Waals surface area contributed by atoms with Crippen LogP contribution in [0.5, 0.6) is 5.75 Å². The lowest BCUT2D eigenvalue weighted by atomic mass is 9.91. The number of aliphatic hydroxyl groups is 1. The van der Waals surface area contributed by atoms with Crippen LogP contribution in [0.3, 0.4) is 0 Å². The van der Waals surface area contributed by atoms with Gasteiger partial charge in [-0.15, -0.1) is 0 Å². The average molecular weight is 431 g/mol. The molecule has 0 atom stereocenters. The molecule has 0 bridgehead atoms. The molecule has 3 aromatic carbocycles. The van der Waals surface area contributed by atoms with Crippen molar-refractivity contribution in [3.05, 3.63) is 88.5 Å². The number of unbranched alkanes of at least 4 members (excludes halogenated alkanes) is 1. The van der Waals surface area contributed by atoms with Crippen molar-refractivity contribution >= 4 is 0 Å². The van der Waals surface area contributed by atoms with Gasteiger partial charge in [-0.05, 0) is 89.6 Å². The fraction of sp³-hybridized carbons (Fsp3) is 0.400. The first-order valence-electron chi connectivity index (χ1n) is 12.2. The molecule has 2 heteroatoms. The van der Waals surface area contributed by atoms with Gasteiger partial charge in [0.2, 0.25) is 0 Å². The Labute approximate surface area is 194 Å². The second-order valence-electron chi connectivity index (χ2n) is 8.55. The first kappa shape index (κ1) is 24.1. The minimum Gasteiger partial charge on any atom is -0.489 e. The number of rotatable bonds is 12. The molecule has 0 aromatic heterocycles. The number of ether oxygens (including phenoxy) is 1. The van der Waals surface area contributed by atoms with E-state index in [0.717, 1.165) is 37.9 Å². The Kier molecular flexibility index (Phi) is 9.37. The highest BCUT2D eigenvalue weighted by molar-refractivity contribution is 5.72. The summed E-state index contributed by atoms with van der Waals surface area (Å²) < 4.78 is 6.14. The van der Waals surface area contributed by atoms with E-state index in [9.17, 15) is 0 Å². The highest BCUT2D eigenvalue weighted by Gasteiger charge is 2.11. The van der Waals surface area contributed by atoms with E-state index in [1.54, 1.807) is 0 Å². The van der Waals surface area contributed by atoms with Gasteiger partial charge in [0.1, 0.15) is 12.4 Å². The van der Waals surface area contributed by atoms with Gasteiger partial charge in [-0.25, -0.2) is 0 Å². The normalized spacial score (nSPS) is 11.0. The molecule has 3 aromatic rings. The maximum atomic E-state index is 9.13. The maximum Gasteiger partial charge on any atom is 0.120 e. The molecule has 0 amide bonds. The lowest BCUT2D eigenvalue weighted by Gasteiger charge is -2.16. The van der Waals surface area contributed by atoms with Gasteiger partial charge in [0.05, 0.1) is 0 Å². The minimum absolute atomic E-state index is 0.244.